The van der Waals surface area contributed by atoms with E-state index in [9.17, 15) is 0 Å². The van der Waals surface area contributed by atoms with Gasteiger partial charge in [0.1, 0.15) is 0 Å². The molecular weight excluding hydrogens is 224 g/mol. The van der Waals surface area contributed by atoms with Crippen molar-refractivity contribution in [3.63, 3.8) is 0 Å². The van der Waals surface area contributed by atoms with Crippen LogP contribution in [-0.4, -0.2) is 24.1 Å². The molecule has 3 N–H and O–H groups in total. The monoisotopic (exact) mass is 244 g/mol. The summed E-state index contributed by atoms with van der Waals surface area (Å²) in [5.74, 6) is 2.40. The molecule has 0 fully saturated rings. The number of rotatable bonds is 8. The van der Waals surface area contributed by atoms with Gasteiger partial charge in [0.05, 0.1) is 0 Å². The molecule has 2 nitrogen and oxygen atoms in total. The van der Waals surface area contributed by atoms with Gasteiger partial charge in [-0.2, -0.15) is 11.8 Å². The average Bonchev–Trinajstić information content (AvgIpc) is 2.76. The molecule has 1 aromatic rings. The van der Waals surface area contributed by atoms with Crippen molar-refractivity contribution in [3.8, 4) is 0 Å². The van der Waals surface area contributed by atoms with Crippen LogP contribution in [0, 0.1) is 0 Å². The Balaban J connectivity index is 2.16. The SMILES string of the molecule is CCSCCC(CN)NCc1cccs1. The van der Waals surface area contributed by atoms with Crippen LogP contribution in [0.5, 0.6) is 0 Å². The number of hydrogen-bond donors (Lipinski definition) is 2. The molecule has 0 radical (unpaired) electrons. The van der Waals surface area contributed by atoms with Gasteiger partial charge < -0.3 is 11.1 Å². The Morgan fingerprint density at radius 1 is 1.60 bits per heavy atom. The molecule has 0 aliphatic rings. The summed E-state index contributed by atoms with van der Waals surface area (Å²) in [4.78, 5) is 1.39. The molecular formula is C11H20N2S2. The van der Waals surface area contributed by atoms with Crippen molar-refractivity contribution < 1.29 is 0 Å². The van der Waals surface area contributed by atoms with Crippen LogP contribution in [0.2, 0.25) is 0 Å². The van der Waals surface area contributed by atoms with E-state index in [1.807, 2.05) is 11.8 Å². The minimum absolute atomic E-state index is 0.464. The lowest BCUT2D eigenvalue weighted by atomic mass is 10.2. The quantitative estimate of drug-likeness (QED) is 0.689. The van der Waals surface area contributed by atoms with Gasteiger partial charge in [-0.3, -0.25) is 0 Å². The first kappa shape index (κ1) is 13.0. The highest BCUT2D eigenvalue weighted by Crippen LogP contribution is 2.09. The molecule has 1 rings (SSSR count). The molecule has 86 valence electrons. The second-order valence-corrected chi connectivity index (χ2v) is 5.80. The number of nitrogens with two attached hydrogens (primary N) is 1. The summed E-state index contributed by atoms with van der Waals surface area (Å²) >= 11 is 3.78. The molecule has 1 aromatic heterocycles. The Morgan fingerprint density at radius 3 is 3.07 bits per heavy atom. The van der Waals surface area contributed by atoms with Crippen molar-refractivity contribution in [2.24, 2.45) is 5.73 Å². The molecule has 0 aliphatic carbocycles. The van der Waals surface area contributed by atoms with E-state index in [0.29, 0.717) is 6.04 Å². The van der Waals surface area contributed by atoms with Crippen LogP contribution in [0.15, 0.2) is 17.5 Å². The van der Waals surface area contributed by atoms with Gasteiger partial charge in [-0.1, -0.05) is 13.0 Å². The van der Waals surface area contributed by atoms with Gasteiger partial charge in [-0.05, 0) is 29.4 Å². The summed E-state index contributed by atoms with van der Waals surface area (Å²) in [5, 5.41) is 5.62. The number of nitrogens with one attached hydrogen (secondary N) is 1. The summed E-state index contributed by atoms with van der Waals surface area (Å²) in [6.45, 7) is 3.88. The van der Waals surface area contributed by atoms with E-state index < -0.39 is 0 Å². The molecule has 0 spiro atoms. The van der Waals surface area contributed by atoms with E-state index in [4.69, 9.17) is 5.73 Å². The van der Waals surface area contributed by atoms with Gasteiger partial charge in [-0.25, -0.2) is 0 Å². The molecule has 0 bridgehead atoms. The third-order valence-corrected chi connectivity index (χ3v) is 4.05. The van der Waals surface area contributed by atoms with Crippen LogP contribution in [-0.2, 0) is 6.54 Å². The van der Waals surface area contributed by atoms with Crippen molar-refractivity contribution in [1.82, 2.24) is 5.32 Å². The third-order valence-electron chi connectivity index (χ3n) is 2.24. The maximum Gasteiger partial charge on any atom is 0.0302 e. The molecule has 0 saturated carbocycles. The van der Waals surface area contributed by atoms with Gasteiger partial charge in [0.25, 0.3) is 0 Å². The van der Waals surface area contributed by atoms with Gasteiger partial charge in [0.2, 0.25) is 0 Å². The Hall–Kier alpha value is -0.0300. The maximum absolute atomic E-state index is 5.73. The lowest BCUT2D eigenvalue weighted by Crippen LogP contribution is -2.35. The predicted octanol–water partition coefficient (Wildman–Crippen LogP) is 2.31. The summed E-state index contributed by atoms with van der Waals surface area (Å²) in [5.41, 5.74) is 5.73. The fourth-order valence-corrected chi connectivity index (χ4v) is 2.73. The van der Waals surface area contributed by atoms with Crippen molar-refractivity contribution in [3.05, 3.63) is 22.4 Å². The molecule has 1 heterocycles. The topological polar surface area (TPSA) is 38.0 Å². The second kappa shape index (κ2) is 8.16. The van der Waals surface area contributed by atoms with Crippen molar-refractivity contribution in [2.45, 2.75) is 25.9 Å². The largest absolute Gasteiger partial charge is 0.329 e. The predicted molar refractivity (Wildman–Crippen MR) is 71.6 cm³/mol. The second-order valence-electron chi connectivity index (χ2n) is 3.38. The van der Waals surface area contributed by atoms with E-state index >= 15 is 0 Å². The zero-order valence-electron chi connectivity index (χ0n) is 9.24. The van der Waals surface area contributed by atoms with Crippen LogP contribution in [0.25, 0.3) is 0 Å². The van der Waals surface area contributed by atoms with Gasteiger partial charge in [0.15, 0.2) is 0 Å². The van der Waals surface area contributed by atoms with Crippen molar-refractivity contribution in [2.75, 3.05) is 18.1 Å². The Kier molecular flexibility index (Phi) is 7.09. The van der Waals surface area contributed by atoms with E-state index in [1.54, 1.807) is 11.3 Å². The summed E-state index contributed by atoms with van der Waals surface area (Å²) in [7, 11) is 0. The first-order valence-corrected chi connectivity index (χ1v) is 7.43. The van der Waals surface area contributed by atoms with E-state index in [2.05, 4.69) is 29.8 Å². The minimum Gasteiger partial charge on any atom is -0.329 e. The lowest BCUT2D eigenvalue weighted by Gasteiger charge is -2.15. The zero-order chi connectivity index (χ0) is 10.9. The zero-order valence-corrected chi connectivity index (χ0v) is 10.9. The van der Waals surface area contributed by atoms with Gasteiger partial charge in [-0.15, -0.1) is 11.3 Å². The Morgan fingerprint density at radius 2 is 2.47 bits per heavy atom. The van der Waals surface area contributed by atoms with Crippen molar-refractivity contribution in [1.29, 1.82) is 0 Å². The normalized spacial score (nSPS) is 12.9. The number of thioether (sulfide) groups is 1. The molecule has 0 aliphatic heterocycles. The molecule has 1 atom stereocenters. The smallest absolute Gasteiger partial charge is 0.0302 e. The first-order chi connectivity index (χ1) is 7.36. The molecule has 0 amide bonds. The molecule has 15 heavy (non-hydrogen) atoms. The summed E-state index contributed by atoms with van der Waals surface area (Å²) < 4.78 is 0. The van der Waals surface area contributed by atoms with E-state index in [0.717, 1.165) is 13.1 Å². The summed E-state index contributed by atoms with van der Waals surface area (Å²) in [6.07, 6.45) is 1.17. The third kappa shape index (κ3) is 5.56. The van der Waals surface area contributed by atoms with E-state index in [1.165, 1.54) is 22.8 Å². The summed E-state index contributed by atoms with van der Waals surface area (Å²) in [6, 6.07) is 4.71. The minimum atomic E-state index is 0.464. The highest BCUT2D eigenvalue weighted by Gasteiger charge is 2.05. The lowest BCUT2D eigenvalue weighted by molar-refractivity contribution is 0.511. The first-order valence-electron chi connectivity index (χ1n) is 5.40. The highest BCUT2D eigenvalue weighted by atomic mass is 32.2. The Labute approximate surface area is 101 Å². The fraction of sp³-hybridized carbons (Fsp3) is 0.636. The Bertz CT molecular complexity index is 237. The number of thiophene rings is 1. The molecule has 1 unspecified atom stereocenters. The van der Waals surface area contributed by atoms with E-state index in [-0.39, 0.29) is 0 Å². The maximum atomic E-state index is 5.73. The van der Waals surface area contributed by atoms with Gasteiger partial charge in [0, 0.05) is 24.0 Å². The standard InChI is InChI=1S/C11H20N2S2/c1-2-14-7-5-10(8-12)13-9-11-4-3-6-15-11/h3-4,6,10,13H,2,5,7-9,12H2,1H3. The highest BCUT2D eigenvalue weighted by molar-refractivity contribution is 7.99. The van der Waals surface area contributed by atoms with Crippen LogP contribution in [0.4, 0.5) is 0 Å². The van der Waals surface area contributed by atoms with Crippen molar-refractivity contribution >= 4 is 23.1 Å². The fourth-order valence-electron chi connectivity index (χ4n) is 1.33. The average molecular weight is 244 g/mol. The van der Waals surface area contributed by atoms with Crippen LogP contribution < -0.4 is 11.1 Å². The molecule has 4 heteroatoms. The van der Waals surface area contributed by atoms with Crippen LogP contribution >= 0.6 is 23.1 Å². The number of hydrogen-bond acceptors (Lipinski definition) is 4. The van der Waals surface area contributed by atoms with Crippen LogP contribution in [0.3, 0.4) is 0 Å². The molecule has 0 saturated heterocycles. The molecule has 0 aromatic carbocycles. The van der Waals surface area contributed by atoms with Gasteiger partial charge >= 0.3 is 0 Å². The van der Waals surface area contributed by atoms with Crippen LogP contribution in [0.1, 0.15) is 18.2 Å².